The topological polar surface area (TPSA) is 63.4 Å². The molecule has 0 radical (unpaired) electrons. The van der Waals surface area contributed by atoms with Crippen molar-refractivity contribution in [2.24, 2.45) is 5.73 Å². The second kappa shape index (κ2) is 4.66. The summed E-state index contributed by atoms with van der Waals surface area (Å²) in [5.74, 6) is 0.504. The van der Waals surface area contributed by atoms with Gasteiger partial charge in [0.05, 0.1) is 11.5 Å². The molecule has 1 heterocycles. The van der Waals surface area contributed by atoms with Crippen molar-refractivity contribution < 1.29 is 8.42 Å². The molecule has 0 bridgehead atoms. The van der Waals surface area contributed by atoms with Crippen LogP contribution in [0, 0.1) is 0 Å². The van der Waals surface area contributed by atoms with Crippen molar-refractivity contribution in [3.8, 4) is 0 Å². The summed E-state index contributed by atoms with van der Waals surface area (Å²) < 4.78 is 22.7. The zero-order valence-electron chi connectivity index (χ0n) is 9.96. The lowest BCUT2D eigenvalue weighted by Gasteiger charge is -2.28. The first-order chi connectivity index (χ1) is 7.98. The molecule has 1 aromatic rings. The van der Waals surface area contributed by atoms with Crippen LogP contribution < -0.4 is 10.6 Å². The smallest absolute Gasteiger partial charge is 0.153 e. The van der Waals surface area contributed by atoms with Crippen molar-refractivity contribution in [1.82, 2.24) is 0 Å². The molecular formula is C12H18N2O2S. The van der Waals surface area contributed by atoms with Gasteiger partial charge >= 0.3 is 0 Å². The fraction of sp³-hybridized carbons (Fsp3) is 0.500. The Morgan fingerprint density at radius 2 is 1.71 bits per heavy atom. The van der Waals surface area contributed by atoms with Gasteiger partial charge in [-0.25, -0.2) is 8.42 Å². The summed E-state index contributed by atoms with van der Waals surface area (Å²) in [4.78, 5) is 2.10. The highest BCUT2D eigenvalue weighted by molar-refractivity contribution is 7.91. The molecule has 1 unspecified atom stereocenters. The van der Waals surface area contributed by atoms with E-state index in [4.69, 9.17) is 5.73 Å². The van der Waals surface area contributed by atoms with Gasteiger partial charge in [-0.3, -0.25) is 0 Å². The van der Waals surface area contributed by atoms with E-state index >= 15 is 0 Å². The van der Waals surface area contributed by atoms with E-state index in [0.29, 0.717) is 13.1 Å². The summed E-state index contributed by atoms with van der Waals surface area (Å²) in [5, 5.41) is 0. The van der Waals surface area contributed by atoms with Crippen LogP contribution in [-0.2, 0) is 9.84 Å². The molecule has 0 saturated carbocycles. The largest absolute Gasteiger partial charge is 0.369 e. The predicted octanol–water partition coefficient (Wildman–Crippen LogP) is 0.941. The summed E-state index contributed by atoms with van der Waals surface area (Å²) in [6.07, 6.45) is 0. The maximum Gasteiger partial charge on any atom is 0.153 e. The van der Waals surface area contributed by atoms with Crippen molar-refractivity contribution >= 4 is 15.5 Å². The molecule has 0 spiro atoms. The zero-order chi connectivity index (χ0) is 12.5. The predicted molar refractivity (Wildman–Crippen MR) is 69.9 cm³/mol. The Labute approximate surface area is 102 Å². The number of nitrogens with zero attached hydrogens (tertiary/aromatic N) is 1. The Kier molecular flexibility index (Phi) is 3.40. The van der Waals surface area contributed by atoms with Gasteiger partial charge in [0, 0.05) is 24.8 Å². The maximum atomic E-state index is 11.3. The lowest BCUT2D eigenvalue weighted by Crippen LogP contribution is -2.40. The highest BCUT2D eigenvalue weighted by Gasteiger charge is 2.21. The van der Waals surface area contributed by atoms with Crippen LogP contribution >= 0.6 is 0 Å². The van der Waals surface area contributed by atoms with Gasteiger partial charge in [-0.15, -0.1) is 0 Å². The minimum atomic E-state index is -2.81. The molecule has 4 nitrogen and oxygen atoms in total. The molecule has 1 aromatic carbocycles. The SMILES string of the molecule is CC(N)c1ccc(N2CCS(=O)(=O)CC2)cc1. The molecule has 0 aliphatic carbocycles. The van der Waals surface area contributed by atoms with Gasteiger partial charge in [-0.05, 0) is 24.6 Å². The Morgan fingerprint density at radius 1 is 1.18 bits per heavy atom. The average Bonchev–Trinajstić information content (AvgIpc) is 2.29. The third-order valence-corrected chi connectivity index (χ3v) is 4.74. The number of anilines is 1. The van der Waals surface area contributed by atoms with Gasteiger partial charge in [0.15, 0.2) is 9.84 Å². The monoisotopic (exact) mass is 254 g/mol. The molecule has 2 N–H and O–H groups in total. The molecule has 94 valence electrons. The van der Waals surface area contributed by atoms with E-state index in [1.165, 1.54) is 0 Å². The summed E-state index contributed by atoms with van der Waals surface area (Å²) in [6, 6.07) is 8.06. The van der Waals surface area contributed by atoms with Crippen LogP contribution in [0.5, 0.6) is 0 Å². The van der Waals surface area contributed by atoms with Crippen LogP contribution in [-0.4, -0.2) is 33.0 Å². The molecular weight excluding hydrogens is 236 g/mol. The Morgan fingerprint density at radius 3 is 2.18 bits per heavy atom. The molecule has 0 amide bonds. The fourth-order valence-electron chi connectivity index (χ4n) is 1.96. The van der Waals surface area contributed by atoms with E-state index in [0.717, 1.165) is 11.3 Å². The van der Waals surface area contributed by atoms with Crippen LogP contribution in [0.1, 0.15) is 18.5 Å². The van der Waals surface area contributed by atoms with Crippen molar-refractivity contribution in [3.63, 3.8) is 0 Å². The normalized spacial score (nSPS) is 21.2. The molecule has 17 heavy (non-hydrogen) atoms. The summed E-state index contributed by atoms with van der Waals surface area (Å²) in [6.45, 7) is 3.11. The average molecular weight is 254 g/mol. The quantitative estimate of drug-likeness (QED) is 0.853. The first-order valence-corrected chi connectivity index (χ1v) is 7.61. The first-order valence-electron chi connectivity index (χ1n) is 5.79. The van der Waals surface area contributed by atoms with Gasteiger partial charge in [0.2, 0.25) is 0 Å². The Balaban J connectivity index is 2.09. The molecule has 1 aliphatic heterocycles. The van der Waals surface area contributed by atoms with Gasteiger partial charge in [-0.1, -0.05) is 12.1 Å². The number of benzene rings is 1. The van der Waals surface area contributed by atoms with Crippen molar-refractivity contribution in [2.45, 2.75) is 13.0 Å². The molecule has 1 saturated heterocycles. The van der Waals surface area contributed by atoms with E-state index in [-0.39, 0.29) is 17.5 Å². The maximum absolute atomic E-state index is 11.3. The highest BCUT2D eigenvalue weighted by Crippen LogP contribution is 2.19. The van der Waals surface area contributed by atoms with Crippen LogP contribution in [0.3, 0.4) is 0 Å². The van der Waals surface area contributed by atoms with Crippen LogP contribution in [0.25, 0.3) is 0 Å². The number of rotatable bonds is 2. The van der Waals surface area contributed by atoms with Gasteiger partial charge in [0.1, 0.15) is 0 Å². The number of nitrogens with two attached hydrogens (primary N) is 1. The number of hydrogen-bond donors (Lipinski definition) is 1. The zero-order valence-corrected chi connectivity index (χ0v) is 10.8. The lowest BCUT2D eigenvalue weighted by molar-refractivity contribution is 0.587. The highest BCUT2D eigenvalue weighted by atomic mass is 32.2. The molecule has 0 aromatic heterocycles. The van der Waals surface area contributed by atoms with E-state index in [9.17, 15) is 8.42 Å². The lowest BCUT2D eigenvalue weighted by atomic mass is 10.1. The van der Waals surface area contributed by atoms with E-state index in [1.807, 2.05) is 31.2 Å². The van der Waals surface area contributed by atoms with Crippen molar-refractivity contribution in [1.29, 1.82) is 0 Å². The fourth-order valence-corrected chi connectivity index (χ4v) is 3.16. The standard InChI is InChI=1S/C12H18N2O2S/c1-10(13)11-2-4-12(5-3-11)14-6-8-17(15,16)9-7-14/h2-5,10H,6-9,13H2,1H3. The number of hydrogen-bond acceptors (Lipinski definition) is 4. The van der Waals surface area contributed by atoms with Crippen LogP contribution in [0.2, 0.25) is 0 Å². The first kappa shape index (κ1) is 12.4. The van der Waals surface area contributed by atoms with Gasteiger partial charge < -0.3 is 10.6 Å². The van der Waals surface area contributed by atoms with E-state index in [2.05, 4.69) is 4.90 Å². The molecule has 1 atom stereocenters. The summed E-state index contributed by atoms with van der Waals surface area (Å²) >= 11 is 0. The van der Waals surface area contributed by atoms with Gasteiger partial charge in [0.25, 0.3) is 0 Å². The number of sulfone groups is 1. The van der Waals surface area contributed by atoms with Crippen molar-refractivity contribution in [3.05, 3.63) is 29.8 Å². The minimum Gasteiger partial charge on any atom is -0.369 e. The second-order valence-electron chi connectivity index (χ2n) is 4.52. The molecule has 2 rings (SSSR count). The van der Waals surface area contributed by atoms with Gasteiger partial charge in [-0.2, -0.15) is 0 Å². The Bertz CT molecular complexity index is 466. The summed E-state index contributed by atoms with van der Waals surface area (Å²) in [5.41, 5.74) is 7.95. The van der Waals surface area contributed by atoms with E-state index < -0.39 is 9.84 Å². The molecule has 5 heteroatoms. The van der Waals surface area contributed by atoms with E-state index in [1.54, 1.807) is 0 Å². The second-order valence-corrected chi connectivity index (χ2v) is 6.82. The van der Waals surface area contributed by atoms with Crippen LogP contribution in [0.15, 0.2) is 24.3 Å². The molecule has 1 aliphatic rings. The van der Waals surface area contributed by atoms with Crippen molar-refractivity contribution in [2.75, 3.05) is 29.5 Å². The summed E-state index contributed by atoms with van der Waals surface area (Å²) in [7, 11) is -2.81. The third kappa shape index (κ3) is 2.98. The molecule has 1 fully saturated rings. The van der Waals surface area contributed by atoms with Crippen LogP contribution in [0.4, 0.5) is 5.69 Å². The minimum absolute atomic E-state index is 0.0331. The Hall–Kier alpha value is -1.07. The third-order valence-electron chi connectivity index (χ3n) is 3.13.